The maximum absolute atomic E-state index is 9.29. The zero-order chi connectivity index (χ0) is 9.68. The van der Waals surface area contributed by atoms with E-state index in [2.05, 4.69) is 4.98 Å². The molecule has 1 rings (SSSR count). The SMILES string of the molecule is CC(O)c1ccnc(SCCO)c1. The van der Waals surface area contributed by atoms with Crippen LogP contribution in [-0.4, -0.2) is 27.6 Å². The van der Waals surface area contributed by atoms with E-state index in [1.165, 1.54) is 11.8 Å². The number of nitrogens with zero attached hydrogens (tertiary/aromatic N) is 1. The zero-order valence-corrected chi connectivity index (χ0v) is 8.29. The summed E-state index contributed by atoms with van der Waals surface area (Å²) < 4.78 is 0. The minimum atomic E-state index is -0.462. The summed E-state index contributed by atoms with van der Waals surface area (Å²) in [5.74, 6) is 0.635. The molecule has 13 heavy (non-hydrogen) atoms. The Morgan fingerprint density at radius 2 is 2.38 bits per heavy atom. The van der Waals surface area contributed by atoms with E-state index < -0.39 is 6.10 Å². The van der Waals surface area contributed by atoms with Gasteiger partial charge in [0, 0.05) is 11.9 Å². The molecule has 1 aromatic heterocycles. The topological polar surface area (TPSA) is 53.4 Å². The van der Waals surface area contributed by atoms with Gasteiger partial charge in [0.25, 0.3) is 0 Å². The van der Waals surface area contributed by atoms with Crippen molar-refractivity contribution in [2.75, 3.05) is 12.4 Å². The maximum Gasteiger partial charge on any atom is 0.0964 e. The smallest absolute Gasteiger partial charge is 0.0964 e. The van der Waals surface area contributed by atoms with Crippen LogP contribution >= 0.6 is 11.8 Å². The third-order valence-corrected chi connectivity index (χ3v) is 2.49. The van der Waals surface area contributed by atoms with Crippen molar-refractivity contribution in [2.24, 2.45) is 0 Å². The first-order chi connectivity index (χ1) is 6.24. The van der Waals surface area contributed by atoms with E-state index in [0.717, 1.165) is 10.6 Å². The lowest BCUT2D eigenvalue weighted by Crippen LogP contribution is -1.93. The molecule has 1 aromatic rings. The van der Waals surface area contributed by atoms with E-state index >= 15 is 0 Å². The van der Waals surface area contributed by atoms with Crippen molar-refractivity contribution in [1.82, 2.24) is 4.98 Å². The molecule has 1 heterocycles. The molecular formula is C9H13NO2S. The van der Waals surface area contributed by atoms with Crippen LogP contribution < -0.4 is 0 Å². The molecule has 0 aliphatic heterocycles. The number of hydrogen-bond donors (Lipinski definition) is 2. The fourth-order valence-electron chi connectivity index (χ4n) is 0.914. The van der Waals surface area contributed by atoms with Crippen LogP contribution in [0.15, 0.2) is 23.4 Å². The van der Waals surface area contributed by atoms with E-state index in [1.807, 2.05) is 6.07 Å². The lowest BCUT2D eigenvalue weighted by molar-refractivity contribution is 0.199. The summed E-state index contributed by atoms with van der Waals surface area (Å²) >= 11 is 1.48. The Balaban J connectivity index is 2.68. The lowest BCUT2D eigenvalue weighted by atomic mass is 10.2. The largest absolute Gasteiger partial charge is 0.396 e. The number of rotatable bonds is 4. The van der Waals surface area contributed by atoms with Crippen LogP contribution in [0.5, 0.6) is 0 Å². The number of aromatic nitrogens is 1. The highest BCUT2D eigenvalue weighted by Crippen LogP contribution is 2.19. The van der Waals surface area contributed by atoms with Gasteiger partial charge in [-0.15, -0.1) is 11.8 Å². The monoisotopic (exact) mass is 199 g/mol. The minimum Gasteiger partial charge on any atom is -0.396 e. The summed E-state index contributed by atoms with van der Waals surface area (Å²) in [6.45, 7) is 1.86. The number of pyridine rings is 1. The Bertz CT molecular complexity index is 266. The predicted molar refractivity (Wildman–Crippen MR) is 52.7 cm³/mol. The number of hydrogen-bond acceptors (Lipinski definition) is 4. The summed E-state index contributed by atoms with van der Waals surface area (Å²) in [6, 6.07) is 3.62. The third-order valence-electron chi connectivity index (χ3n) is 1.58. The standard InChI is InChI=1S/C9H13NO2S/c1-7(12)8-2-3-10-9(6-8)13-5-4-11/h2-3,6-7,11-12H,4-5H2,1H3. The first kappa shape index (κ1) is 10.5. The lowest BCUT2D eigenvalue weighted by Gasteiger charge is -2.05. The zero-order valence-electron chi connectivity index (χ0n) is 7.47. The fraction of sp³-hybridized carbons (Fsp3) is 0.444. The van der Waals surface area contributed by atoms with E-state index in [-0.39, 0.29) is 6.61 Å². The molecule has 0 radical (unpaired) electrons. The fourth-order valence-corrected chi connectivity index (χ4v) is 1.57. The Morgan fingerprint density at radius 3 is 3.00 bits per heavy atom. The molecule has 3 nitrogen and oxygen atoms in total. The number of thioether (sulfide) groups is 1. The molecule has 0 amide bonds. The van der Waals surface area contributed by atoms with Crippen molar-refractivity contribution in [3.63, 3.8) is 0 Å². The normalized spacial score (nSPS) is 12.8. The number of aliphatic hydroxyl groups is 2. The van der Waals surface area contributed by atoms with Crippen molar-refractivity contribution in [1.29, 1.82) is 0 Å². The van der Waals surface area contributed by atoms with E-state index in [9.17, 15) is 5.11 Å². The van der Waals surface area contributed by atoms with Gasteiger partial charge in [-0.2, -0.15) is 0 Å². The van der Waals surface area contributed by atoms with Crippen molar-refractivity contribution < 1.29 is 10.2 Å². The molecule has 0 aliphatic carbocycles. The highest BCUT2D eigenvalue weighted by molar-refractivity contribution is 7.99. The minimum absolute atomic E-state index is 0.144. The molecule has 0 saturated carbocycles. The molecule has 4 heteroatoms. The van der Waals surface area contributed by atoms with Gasteiger partial charge in [-0.3, -0.25) is 0 Å². The van der Waals surface area contributed by atoms with Crippen LogP contribution in [-0.2, 0) is 0 Å². The van der Waals surface area contributed by atoms with Gasteiger partial charge >= 0.3 is 0 Å². The van der Waals surface area contributed by atoms with Crippen molar-refractivity contribution in [2.45, 2.75) is 18.1 Å². The molecule has 0 aliphatic rings. The molecule has 1 atom stereocenters. The van der Waals surface area contributed by atoms with Crippen LogP contribution in [0.2, 0.25) is 0 Å². The van der Waals surface area contributed by atoms with Gasteiger partial charge in [-0.05, 0) is 24.6 Å². The molecule has 72 valence electrons. The second kappa shape index (κ2) is 5.21. The third kappa shape index (κ3) is 3.34. The van der Waals surface area contributed by atoms with Crippen LogP contribution in [0, 0.1) is 0 Å². The molecule has 0 aromatic carbocycles. The summed E-state index contributed by atoms with van der Waals surface area (Å²) in [7, 11) is 0. The van der Waals surface area contributed by atoms with Gasteiger partial charge in [0.2, 0.25) is 0 Å². The molecule has 0 fully saturated rings. The molecule has 0 saturated heterocycles. The van der Waals surface area contributed by atoms with Crippen molar-refractivity contribution in [3.8, 4) is 0 Å². The van der Waals surface area contributed by atoms with E-state index in [0.29, 0.717) is 5.75 Å². The van der Waals surface area contributed by atoms with Crippen LogP contribution in [0.4, 0.5) is 0 Å². The van der Waals surface area contributed by atoms with Gasteiger partial charge in [0.05, 0.1) is 17.7 Å². The quantitative estimate of drug-likeness (QED) is 0.716. The predicted octanol–water partition coefficient (Wildman–Crippen LogP) is 1.22. The highest BCUT2D eigenvalue weighted by Gasteiger charge is 2.02. The van der Waals surface area contributed by atoms with E-state index in [4.69, 9.17) is 5.11 Å². The van der Waals surface area contributed by atoms with Gasteiger partial charge in [-0.1, -0.05) is 0 Å². The maximum atomic E-state index is 9.29. The van der Waals surface area contributed by atoms with Gasteiger partial charge in [0.15, 0.2) is 0 Å². The summed E-state index contributed by atoms with van der Waals surface area (Å²) in [5.41, 5.74) is 0.857. The van der Waals surface area contributed by atoms with Gasteiger partial charge in [-0.25, -0.2) is 4.98 Å². The molecule has 0 bridgehead atoms. The molecule has 2 N–H and O–H groups in total. The van der Waals surface area contributed by atoms with E-state index in [1.54, 1.807) is 19.2 Å². The van der Waals surface area contributed by atoms with Crippen molar-refractivity contribution in [3.05, 3.63) is 23.9 Å². The van der Waals surface area contributed by atoms with Gasteiger partial charge < -0.3 is 10.2 Å². The van der Waals surface area contributed by atoms with Crippen LogP contribution in [0.1, 0.15) is 18.6 Å². The molecule has 1 unspecified atom stereocenters. The molecule has 0 spiro atoms. The summed E-state index contributed by atoms with van der Waals surface area (Å²) in [6.07, 6.45) is 1.21. The average Bonchev–Trinajstić information content (AvgIpc) is 2.15. The molecular weight excluding hydrogens is 186 g/mol. The first-order valence-corrected chi connectivity index (χ1v) is 5.10. The second-order valence-electron chi connectivity index (χ2n) is 2.68. The number of aliphatic hydroxyl groups excluding tert-OH is 2. The van der Waals surface area contributed by atoms with Crippen LogP contribution in [0.25, 0.3) is 0 Å². The Hall–Kier alpha value is -0.580. The first-order valence-electron chi connectivity index (χ1n) is 4.11. The average molecular weight is 199 g/mol. The Morgan fingerprint density at radius 1 is 1.62 bits per heavy atom. The highest BCUT2D eigenvalue weighted by atomic mass is 32.2. The van der Waals surface area contributed by atoms with Crippen molar-refractivity contribution >= 4 is 11.8 Å². The summed E-state index contributed by atoms with van der Waals surface area (Å²) in [5, 5.41) is 18.7. The summed E-state index contributed by atoms with van der Waals surface area (Å²) in [4.78, 5) is 4.10. The Kier molecular flexibility index (Phi) is 4.21. The Labute approximate surface area is 81.8 Å². The second-order valence-corrected chi connectivity index (χ2v) is 3.79. The van der Waals surface area contributed by atoms with Crippen LogP contribution in [0.3, 0.4) is 0 Å². The van der Waals surface area contributed by atoms with Gasteiger partial charge in [0.1, 0.15) is 0 Å².